The maximum atomic E-state index is 14.4. The van der Waals surface area contributed by atoms with Crippen LogP contribution < -0.4 is 26.6 Å². The lowest BCUT2D eigenvalue weighted by molar-refractivity contribution is -0.137. The van der Waals surface area contributed by atoms with Crippen molar-refractivity contribution in [3.63, 3.8) is 0 Å². The SMILES string of the molecule is CC(C)(C)OC(=O)N[C@@H](CC(=O)O)Cc1ccccc1F.CC(C)(C)OC(=O)N[C@@H](CCN1CCC[C@H]1CNc1nc(-c2ccccc2)no1)Cc1ccccc1F.c1ccc(-c2noc(NCC3CCCN3)n2)cc1. The molecule has 0 saturated carbocycles. The molecule has 2 amide bonds. The number of carboxylic acids is 1. The largest absolute Gasteiger partial charge is 0.481 e. The summed E-state index contributed by atoms with van der Waals surface area (Å²) in [4.78, 5) is 46.2. The van der Waals surface area contributed by atoms with Crippen LogP contribution in [0.4, 0.5) is 30.4 Å². The van der Waals surface area contributed by atoms with E-state index in [0.29, 0.717) is 66.3 Å². The first-order valence-corrected chi connectivity index (χ1v) is 25.8. The Balaban J connectivity index is 0.000000203. The number of aliphatic carboxylic acids is 1. The molecule has 0 aliphatic carbocycles. The molecule has 4 aromatic carbocycles. The molecule has 6 N–H and O–H groups in total. The number of likely N-dealkylation sites (tertiary alicyclic amines) is 1. The number of aromatic nitrogens is 4. The van der Waals surface area contributed by atoms with E-state index < -0.39 is 41.2 Å². The van der Waals surface area contributed by atoms with E-state index in [1.807, 2.05) is 87.5 Å². The van der Waals surface area contributed by atoms with Gasteiger partial charge in [0, 0.05) is 54.9 Å². The van der Waals surface area contributed by atoms with Crippen molar-refractivity contribution in [2.45, 2.75) is 128 Å². The maximum Gasteiger partial charge on any atom is 0.407 e. The van der Waals surface area contributed by atoms with Gasteiger partial charge in [0.1, 0.15) is 22.8 Å². The molecule has 408 valence electrons. The van der Waals surface area contributed by atoms with Crippen LogP contribution in [-0.4, -0.2) is 117 Å². The molecule has 0 bridgehead atoms. The van der Waals surface area contributed by atoms with Gasteiger partial charge in [-0.25, -0.2) is 18.4 Å². The lowest BCUT2D eigenvalue weighted by Gasteiger charge is -2.28. The fraction of sp³-hybridized carbons (Fsp3) is 0.446. The second kappa shape index (κ2) is 28.4. The highest BCUT2D eigenvalue weighted by molar-refractivity contribution is 5.71. The van der Waals surface area contributed by atoms with Crippen molar-refractivity contribution < 1.29 is 46.8 Å². The lowest BCUT2D eigenvalue weighted by Crippen LogP contribution is -2.43. The smallest absolute Gasteiger partial charge is 0.407 e. The fourth-order valence-corrected chi connectivity index (χ4v) is 8.51. The van der Waals surface area contributed by atoms with Crippen molar-refractivity contribution in [2.24, 2.45) is 0 Å². The Morgan fingerprint density at radius 1 is 0.684 bits per heavy atom. The summed E-state index contributed by atoms with van der Waals surface area (Å²) in [5, 5.41) is 32.2. The zero-order chi connectivity index (χ0) is 54.5. The molecule has 76 heavy (non-hydrogen) atoms. The van der Waals surface area contributed by atoms with E-state index in [2.05, 4.69) is 51.8 Å². The molecule has 1 unspecified atom stereocenters. The highest BCUT2D eigenvalue weighted by Crippen LogP contribution is 2.23. The topological polar surface area (TPSA) is 231 Å². The van der Waals surface area contributed by atoms with E-state index in [1.54, 1.807) is 51.1 Å². The number of carboxylic acid groups (broad SMARTS) is 1. The van der Waals surface area contributed by atoms with Crippen LogP contribution in [0.1, 0.15) is 91.2 Å². The predicted octanol–water partition coefficient (Wildman–Crippen LogP) is 9.91. The molecular formula is C56H72F2N10O8. The molecule has 2 fully saturated rings. The second-order valence-corrected chi connectivity index (χ2v) is 20.6. The molecule has 0 spiro atoms. The van der Waals surface area contributed by atoms with E-state index in [9.17, 15) is 23.2 Å². The summed E-state index contributed by atoms with van der Waals surface area (Å²) >= 11 is 0. The number of halogens is 2. The number of carbonyl (C=O) groups excluding carboxylic acids is 2. The average Bonchev–Trinajstić information content (AvgIpc) is 4.23. The predicted molar refractivity (Wildman–Crippen MR) is 285 cm³/mol. The average molecular weight is 1050 g/mol. The summed E-state index contributed by atoms with van der Waals surface area (Å²) in [6, 6.07) is 33.0. The molecule has 4 heterocycles. The standard InChI is InChI=1S/C28H36FN5O3.C15H20FNO4.C13H16N4O/c1-28(2,3)36-27(35)31-22(18-21-12-7-8-14-24(21)29)15-17-34-16-9-13-23(34)19-30-26-32-25(33-37-26)20-10-5-4-6-11-20;1-15(2,3)21-14(20)17-11(9-13(18)19)8-10-6-4-5-7-12(10)16;1-2-5-10(6-3-1)12-16-13(18-17-12)15-9-11-7-4-8-14-11/h4-8,10-12,14,22-23H,9,13,15-19H2,1-3H3,(H,31,35)(H,30,32,33);4-7,11H,8-9H2,1-3H3,(H,17,20)(H,18,19);1-3,5-6,11,14H,4,7-9H2,(H,15,16,17)/t22-,23-;11-;/m01./s1. The van der Waals surface area contributed by atoms with Crippen molar-refractivity contribution in [3.8, 4) is 22.8 Å². The number of hydrogen-bond acceptors (Lipinski definition) is 15. The van der Waals surface area contributed by atoms with Gasteiger partial charge in [0.15, 0.2) is 0 Å². The Bertz CT molecular complexity index is 2710. The Hall–Kier alpha value is -7.45. The van der Waals surface area contributed by atoms with Crippen molar-refractivity contribution in [1.29, 1.82) is 0 Å². The molecule has 2 aliphatic heterocycles. The Morgan fingerprint density at radius 2 is 1.17 bits per heavy atom. The summed E-state index contributed by atoms with van der Waals surface area (Å²) in [6.45, 7) is 14.9. The molecule has 8 rings (SSSR count). The van der Waals surface area contributed by atoms with Gasteiger partial charge in [-0.1, -0.05) is 107 Å². The number of hydrogen-bond donors (Lipinski definition) is 6. The fourth-order valence-electron chi connectivity index (χ4n) is 8.51. The minimum Gasteiger partial charge on any atom is -0.481 e. The minimum absolute atomic E-state index is 0.0816. The highest BCUT2D eigenvalue weighted by Gasteiger charge is 2.28. The van der Waals surface area contributed by atoms with Crippen LogP contribution in [0.25, 0.3) is 22.8 Å². The lowest BCUT2D eigenvalue weighted by atomic mass is 10.0. The Kier molecular flexibility index (Phi) is 21.6. The molecule has 18 nitrogen and oxygen atoms in total. The van der Waals surface area contributed by atoms with Gasteiger partial charge in [0.2, 0.25) is 11.6 Å². The first kappa shape index (κ1) is 57.8. The van der Waals surface area contributed by atoms with Gasteiger partial charge in [0.25, 0.3) is 0 Å². The Morgan fingerprint density at radius 3 is 1.66 bits per heavy atom. The van der Waals surface area contributed by atoms with Crippen LogP contribution in [0.2, 0.25) is 0 Å². The molecule has 20 heteroatoms. The number of rotatable bonds is 19. The third-order valence-electron chi connectivity index (χ3n) is 12.0. The van der Waals surface area contributed by atoms with E-state index in [0.717, 1.165) is 50.1 Å². The van der Waals surface area contributed by atoms with Gasteiger partial charge in [-0.05, 0) is 123 Å². The van der Waals surface area contributed by atoms with Gasteiger partial charge in [-0.15, -0.1) is 0 Å². The number of ether oxygens (including phenoxy) is 2. The second-order valence-electron chi connectivity index (χ2n) is 20.6. The molecule has 6 aromatic rings. The molecule has 2 aromatic heterocycles. The summed E-state index contributed by atoms with van der Waals surface area (Å²) in [7, 11) is 0. The van der Waals surface area contributed by atoms with Crippen molar-refractivity contribution in [1.82, 2.24) is 41.1 Å². The monoisotopic (exact) mass is 1050 g/mol. The van der Waals surface area contributed by atoms with E-state index in [4.69, 9.17) is 23.6 Å². The molecular weight excluding hydrogens is 979 g/mol. The van der Waals surface area contributed by atoms with E-state index in [-0.39, 0.29) is 24.7 Å². The maximum absolute atomic E-state index is 14.4. The minimum atomic E-state index is -1.08. The first-order valence-electron chi connectivity index (χ1n) is 25.8. The number of nitrogens with zero attached hydrogens (tertiary/aromatic N) is 5. The quantitative estimate of drug-likeness (QED) is 0.0443. The zero-order valence-electron chi connectivity index (χ0n) is 44.2. The summed E-state index contributed by atoms with van der Waals surface area (Å²) < 4.78 is 49.1. The number of anilines is 2. The van der Waals surface area contributed by atoms with Gasteiger partial charge in [-0.3, -0.25) is 9.69 Å². The number of nitrogens with one attached hydrogen (secondary N) is 5. The van der Waals surface area contributed by atoms with Crippen LogP contribution in [-0.2, 0) is 27.1 Å². The van der Waals surface area contributed by atoms with Crippen LogP contribution in [0.3, 0.4) is 0 Å². The van der Waals surface area contributed by atoms with Crippen LogP contribution >= 0.6 is 0 Å². The summed E-state index contributed by atoms with van der Waals surface area (Å²) in [5.41, 5.74) is 1.51. The van der Waals surface area contributed by atoms with Crippen molar-refractivity contribution >= 4 is 30.2 Å². The summed E-state index contributed by atoms with van der Waals surface area (Å²) in [5.74, 6) is -0.601. The van der Waals surface area contributed by atoms with Crippen molar-refractivity contribution in [2.75, 3.05) is 43.4 Å². The number of carbonyl (C=O) groups is 3. The summed E-state index contributed by atoms with van der Waals surface area (Å²) in [6.07, 6.45) is 4.20. The van der Waals surface area contributed by atoms with E-state index in [1.165, 1.54) is 25.0 Å². The molecule has 4 atom stereocenters. The normalized spacial score (nSPS) is 16.2. The number of alkyl carbamates (subject to hydrolysis) is 2. The number of benzene rings is 4. The molecule has 0 radical (unpaired) electrons. The van der Waals surface area contributed by atoms with Gasteiger partial charge >= 0.3 is 30.2 Å². The first-order chi connectivity index (χ1) is 36.4. The highest BCUT2D eigenvalue weighted by atomic mass is 19.1. The van der Waals surface area contributed by atoms with Crippen LogP contribution in [0, 0.1) is 11.6 Å². The van der Waals surface area contributed by atoms with Crippen LogP contribution in [0.5, 0.6) is 0 Å². The van der Waals surface area contributed by atoms with E-state index >= 15 is 0 Å². The third-order valence-corrected chi connectivity index (χ3v) is 12.0. The van der Waals surface area contributed by atoms with Crippen LogP contribution in [0.15, 0.2) is 118 Å². The zero-order valence-corrected chi connectivity index (χ0v) is 44.2. The van der Waals surface area contributed by atoms with Gasteiger partial charge in [-0.2, -0.15) is 9.97 Å². The van der Waals surface area contributed by atoms with Gasteiger partial charge in [0.05, 0.1) is 6.42 Å². The van der Waals surface area contributed by atoms with Crippen molar-refractivity contribution in [3.05, 3.63) is 132 Å². The Labute approximate surface area is 443 Å². The molecule has 2 aliphatic rings. The number of amides is 2. The third kappa shape index (κ3) is 20.3. The molecule has 2 saturated heterocycles. The van der Waals surface area contributed by atoms with Gasteiger partial charge < -0.3 is 50.2 Å².